The van der Waals surface area contributed by atoms with E-state index in [1.165, 1.54) is 0 Å². The fourth-order valence-electron chi connectivity index (χ4n) is 1.87. The lowest BCUT2D eigenvalue weighted by atomic mass is 10.1. The Morgan fingerprint density at radius 2 is 1.78 bits per heavy atom. The van der Waals surface area contributed by atoms with E-state index in [1.54, 1.807) is 0 Å². The Kier molecular flexibility index (Phi) is 3.42. The SMILES string of the molecule is Cc1cccc(N)c1Nc1cccc(N(C)C)c1. The lowest BCUT2D eigenvalue weighted by Gasteiger charge is -2.16. The number of nitrogen functional groups attached to an aromatic ring is 1. The monoisotopic (exact) mass is 241 g/mol. The molecule has 18 heavy (non-hydrogen) atoms. The summed E-state index contributed by atoms with van der Waals surface area (Å²) in [6, 6.07) is 14.2. The van der Waals surface area contributed by atoms with E-state index in [1.807, 2.05) is 38.4 Å². The molecule has 94 valence electrons. The first kappa shape index (κ1) is 12.3. The van der Waals surface area contributed by atoms with Crippen molar-refractivity contribution in [2.24, 2.45) is 0 Å². The van der Waals surface area contributed by atoms with Crippen molar-refractivity contribution in [3.63, 3.8) is 0 Å². The van der Waals surface area contributed by atoms with E-state index in [-0.39, 0.29) is 0 Å². The van der Waals surface area contributed by atoms with Gasteiger partial charge in [-0.1, -0.05) is 18.2 Å². The van der Waals surface area contributed by atoms with Gasteiger partial charge in [0.2, 0.25) is 0 Å². The van der Waals surface area contributed by atoms with Gasteiger partial charge in [0.05, 0.1) is 11.4 Å². The van der Waals surface area contributed by atoms with E-state index in [9.17, 15) is 0 Å². The Hall–Kier alpha value is -2.16. The number of nitrogens with one attached hydrogen (secondary N) is 1. The summed E-state index contributed by atoms with van der Waals surface area (Å²) in [5.74, 6) is 0. The highest BCUT2D eigenvalue weighted by Gasteiger charge is 2.04. The van der Waals surface area contributed by atoms with Crippen molar-refractivity contribution in [3.05, 3.63) is 48.0 Å². The molecule has 0 amide bonds. The van der Waals surface area contributed by atoms with Gasteiger partial charge in [-0.2, -0.15) is 0 Å². The molecule has 0 aliphatic rings. The summed E-state index contributed by atoms with van der Waals surface area (Å²) < 4.78 is 0. The third-order valence-electron chi connectivity index (χ3n) is 2.94. The molecule has 0 aliphatic carbocycles. The maximum atomic E-state index is 5.99. The lowest BCUT2D eigenvalue weighted by Crippen LogP contribution is -2.08. The number of hydrogen-bond donors (Lipinski definition) is 2. The van der Waals surface area contributed by atoms with Crippen LogP contribution < -0.4 is 16.0 Å². The molecular weight excluding hydrogens is 222 g/mol. The quantitative estimate of drug-likeness (QED) is 0.809. The summed E-state index contributed by atoms with van der Waals surface area (Å²) in [4.78, 5) is 2.08. The first-order valence-electron chi connectivity index (χ1n) is 5.97. The third-order valence-corrected chi connectivity index (χ3v) is 2.94. The van der Waals surface area contributed by atoms with Crippen LogP contribution in [0.25, 0.3) is 0 Å². The molecule has 0 fully saturated rings. The Morgan fingerprint density at radius 1 is 1.06 bits per heavy atom. The molecule has 0 radical (unpaired) electrons. The van der Waals surface area contributed by atoms with Gasteiger partial charge in [-0.3, -0.25) is 0 Å². The average molecular weight is 241 g/mol. The van der Waals surface area contributed by atoms with E-state index in [0.717, 1.165) is 28.3 Å². The fourth-order valence-corrected chi connectivity index (χ4v) is 1.87. The second kappa shape index (κ2) is 5.00. The highest BCUT2D eigenvalue weighted by Crippen LogP contribution is 2.28. The van der Waals surface area contributed by atoms with E-state index in [2.05, 4.69) is 35.3 Å². The molecule has 0 saturated heterocycles. The molecule has 2 rings (SSSR count). The molecule has 0 spiro atoms. The molecule has 0 atom stereocenters. The van der Waals surface area contributed by atoms with E-state index in [0.29, 0.717) is 0 Å². The third kappa shape index (κ3) is 2.56. The molecule has 3 nitrogen and oxygen atoms in total. The van der Waals surface area contributed by atoms with Crippen LogP contribution >= 0.6 is 0 Å². The molecule has 0 unspecified atom stereocenters. The molecule has 0 aromatic heterocycles. The normalized spacial score (nSPS) is 10.2. The fraction of sp³-hybridized carbons (Fsp3) is 0.200. The van der Waals surface area contributed by atoms with Gasteiger partial charge in [0.15, 0.2) is 0 Å². The molecular formula is C15H19N3. The van der Waals surface area contributed by atoms with E-state index in [4.69, 9.17) is 5.73 Å². The molecule has 0 saturated carbocycles. The van der Waals surface area contributed by atoms with Crippen LogP contribution in [0.4, 0.5) is 22.7 Å². The molecule has 0 bridgehead atoms. The summed E-state index contributed by atoms with van der Waals surface area (Å²) in [7, 11) is 4.06. The van der Waals surface area contributed by atoms with Crippen molar-refractivity contribution in [3.8, 4) is 0 Å². The van der Waals surface area contributed by atoms with E-state index >= 15 is 0 Å². The van der Waals surface area contributed by atoms with Crippen molar-refractivity contribution in [1.29, 1.82) is 0 Å². The molecule has 2 aromatic carbocycles. The largest absolute Gasteiger partial charge is 0.397 e. The summed E-state index contributed by atoms with van der Waals surface area (Å²) in [5, 5.41) is 3.38. The minimum atomic E-state index is 0.769. The van der Waals surface area contributed by atoms with Gasteiger partial charge in [0, 0.05) is 25.5 Å². The smallest absolute Gasteiger partial charge is 0.0647 e. The second-order valence-electron chi connectivity index (χ2n) is 4.61. The Labute approximate surface area is 108 Å². The predicted octanol–water partition coefficient (Wildman–Crippen LogP) is 3.39. The maximum absolute atomic E-state index is 5.99. The minimum Gasteiger partial charge on any atom is -0.397 e. The first-order valence-corrected chi connectivity index (χ1v) is 5.97. The average Bonchev–Trinajstić information content (AvgIpc) is 2.34. The highest BCUT2D eigenvalue weighted by atomic mass is 15.1. The van der Waals surface area contributed by atoms with Gasteiger partial charge >= 0.3 is 0 Å². The van der Waals surface area contributed by atoms with Crippen LogP contribution in [0.1, 0.15) is 5.56 Å². The van der Waals surface area contributed by atoms with Crippen molar-refractivity contribution in [2.75, 3.05) is 30.0 Å². The highest BCUT2D eigenvalue weighted by molar-refractivity contribution is 5.76. The molecule has 3 heteroatoms. The molecule has 0 aliphatic heterocycles. The number of rotatable bonds is 3. The number of benzene rings is 2. The Morgan fingerprint density at radius 3 is 2.44 bits per heavy atom. The summed E-state index contributed by atoms with van der Waals surface area (Å²) in [5.41, 5.74) is 11.1. The van der Waals surface area contributed by atoms with Crippen LogP contribution in [0.5, 0.6) is 0 Å². The summed E-state index contributed by atoms with van der Waals surface area (Å²) in [6.45, 7) is 2.05. The number of nitrogens with two attached hydrogens (primary N) is 1. The number of anilines is 4. The number of aryl methyl sites for hydroxylation is 1. The van der Waals surface area contributed by atoms with Gasteiger partial charge in [0.25, 0.3) is 0 Å². The van der Waals surface area contributed by atoms with Crippen molar-refractivity contribution in [2.45, 2.75) is 6.92 Å². The first-order chi connectivity index (χ1) is 8.58. The molecule has 3 N–H and O–H groups in total. The standard InChI is InChI=1S/C15H19N3/c1-11-6-4-9-14(16)15(11)17-12-7-5-8-13(10-12)18(2)3/h4-10,17H,16H2,1-3H3. The maximum Gasteiger partial charge on any atom is 0.0647 e. The zero-order chi connectivity index (χ0) is 13.1. The van der Waals surface area contributed by atoms with Gasteiger partial charge < -0.3 is 16.0 Å². The summed E-state index contributed by atoms with van der Waals surface area (Å²) in [6.07, 6.45) is 0. The van der Waals surface area contributed by atoms with Crippen molar-refractivity contribution >= 4 is 22.7 Å². The van der Waals surface area contributed by atoms with Crippen LogP contribution in [0, 0.1) is 6.92 Å². The van der Waals surface area contributed by atoms with Crippen LogP contribution in [-0.2, 0) is 0 Å². The predicted molar refractivity (Wildman–Crippen MR) is 79.6 cm³/mol. The summed E-state index contributed by atoms with van der Waals surface area (Å²) >= 11 is 0. The van der Waals surface area contributed by atoms with Gasteiger partial charge in [-0.05, 0) is 36.8 Å². The topological polar surface area (TPSA) is 41.3 Å². The Bertz CT molecular complexity index is 527. The van der Waals surface area contributed by atoms with Crippen LogP contribution in [0.15, 0.2) is 42.5 Å². The van der Waals surface area contributed by atoms with Gasteiger partial charge in [-0.25, -0.2) is 0 Å². The lowest BCUT2D eigenvalue weighted by molar-refractivity contribution is 1.13. The number of nitrogens with zero attached hydrogens (tertiary/aromatic N) is 1. The second-order valence-corrected chi connectivity index (χ2v) is 4.61. The van der Waals surface area contributed by atoms with Crippen LogP contribution in [0.2, 0.25) is 0 Å². The van der Waals surface area contributed by atoms with Gasteiger partial charge in [0.1, 0.15) is 0 Å². The van der Waals surface area contributed by atoms with Crippen molar-refractivity contribution in [1.82, 2.24) is 0 Å². The zero-order valence-corrected chi connectivity index (χ0v) is 11.1. The minimum absolute atomic E-state index is 0.769. The molecule has 0 heterocycles. The van der Waals surface area contributed by atoms with E-state index < -0.39 is 0 Å². The van der Waals surface area contributed by atoms with Crippen LogP contribution in [0.3, 0.4) is 0 Å². The number of hydrogen-bond acceptors (Lipinski definition) is 3. The van der Waals surface area contributed by atoms with Crippen molar-refractivity contribution < 1.29 is 0 Å². The Balaban J connectivity index is 2.31. The number of para-hydroxylation sites is 1. The van der Waals surface area contributed by atoms with Gasteiger partial charge in [-0.15, -0.1) is 0 Å². The zero-order valence-electron chi connectivity index (χ0n) is 11.1. The van der Waals surface area contributed by atoms with Crippen LogP contribution in [-0.4, -0.2) is 14.1 Å². The molecule has 2 aromatic rings.